The molecule has 0 saturated heterocycles. The van der Waals surface area contributed by atoms with E-state index in [1.165, 1.54) is 0 Å². The molecule has 0 radical (unpaired) electrons. The molecule has 0 aliphatic rings. The molecule has 0 N–H and O–H groups in total. The zero-order valence-corrected chi connectivity index (χ0v) is 16.2. The highest BCUT2D eigenvalue weighted by Crippen LogP contribution is 2.32. The number of carbonyl (C=O) groups excluding carboxylic acids is 1. The summed E-state index contributed by atoms with van der Waals surface area (Å²) in [7, 11) is 3.32. The number of carbonyl (C=O) groups is 1. The zero-order valence-electron chi connectivity index (χ0n) is 16.2. The molecular formula is C22H28O4. The first-order valence-electron chi connectivity index (χ1n) is 8.94. The van der Waals surface area contributed by atoms with Gasteiger partial charge in [0, 0.05) is 5.92 Å². The van der Waals surface area contributed by atoms with E-state index in [-0.39, 0.29) is 17.8 Å². The van der Waals surface area contributed by atoms with Gasteiger partial charge in [0.25, 0.3) is 0 Å². The summed E-state index contributed by atoms with van der Waals surface area (Å²) in [5.41, 5.74) is 3.32. The number of ether oxygens (including phenoxy) is 3. The van der Waals surface area contributed by atoms with E-state index in [0.29, 0.717) is 6.61 Å². The lowest BCUT2D eigenvalue weighted by Crippen LogP contribution is -2.23. The van der Waals surface area contributed by atoms with Crippen LogP contribution in [0.3, 0.4) is 0 Å². The number of methoxy groups -OCH3 is 2. The van der Waals surface area contributed by atoms with Crippen molar-refractivity contribution in [3.8, 4) is 11.5 Å². The van der Waals surface area contributed by atoms with Gasteiger partial charge in [0.2, 0.25) is 0 Å². The predicted molar refractivity (Wildman–Crippen MR) is 103 cm³/mol. The number of hydrogen-bond donors (Lipinski definition) is 0. The van der Waals surface area contributed by atoms with E-state index < -0.39 is 0 Å². The van der Waals surface area contributed by atoms with Crippen molar-refractivity contribution in [2.75, 3.05) is 20.8 Å². The highest BCUT2D eigenvalue weighted by molar-refractivity contribution is 5.73. The van der Waals surface area contributed by atoms with Gasteiger partial charge in [-0.2, -0.15) is 0 Å². The highest BCUT2D eigenvalue weighted by Gasteiger charge is 2.27. The van der Waals surface area contributed by atoms with Crippen LogP contribution in [0.15, 0.2) is 42.5 Å². The maximum atomic E-state index is 12.4. The summed E-state index contributed by atoms with van der Waals surface area (Å²) in [4.78, 5) is 12.4. The standard InChI is InChI=1S/C22H28O4/c1-6-26-22(23)16(3)20(14-17-7-10-19(24-4)11-8-17)18-9-12-21(25-5)15(2)13-18/h7-13,16,20H,6,14H2,1-5H3. The van der Waals surface area contributed by atoms with E-state index in [0.717, 1.165) is 34.6 Å². The van der Waals surface area contributed by atoms with Gasteiger partial charge in [0.05, 0.1) is 26.7 Å². The van der Waals surface area contributed by atoms with Crippen LogP contribution in [0.1, 0.15) is 36.5 Å². The van der Waals surface area contributed by atoms with Crippen LogP contribution in [-0.2, 0) is 16.0 Å². The van der Waals surface area contributed by atoms with Gasteiger partial charge < -0.3 is 14.2 Å². The molecule has 26 heavy (non-hydrogen) atoms. The minimum Gasteiger partial charge on any atom is -0.497 e. The molecule has 140 valence electrons. The summed E-state index contributed by atoms with van der Waals surface area (Å²) in [6, 6.07) is 14.1. The molecule has 2 rings (SSSR count). The van der Waals surface area contributed by atoms with Gasteiger partial charge in [-0.1, -0.05) is 31.2 Å². The Hall–Kier alpha value is -2.49. The third-order valence-electron chi connectivity index (χ3n) is 4.72. The summed E-state index contributed by atoms with van der Waals surface area (Å²) in [6.45, 7) is 6.17. The SMILES string of the molecule is CCOC(=O)C(C)C(Cc1ccc(OC)cc1)c1ccc(OC)c(C)c1. The third kappa shape index (κ3) is 4.78. The van der Waals surface area contributed by atoms with E-state index in [1.54, 1.807) is 14.2 Å². The van der Waals surface area contributed by atoms with Crippen molar-refractivity contribution in [2.24, 2.45) is 5.92 Å². The molecule has 2 unspecified atom stereocenters. The maximum absolute atomic E-state index is 12.4. The van der Waals surface area contributed by atoms with Crippen molar-refractivity contribution in [2.45, 2.75) is 33.1 Å². The second-order valence-corrected chi connectivity index (χ2v) is 6.43. The largest absolute Gasteiger partial charge is 0.497 e. The Kier molecular flexibility index (Phi) is 7.07. The Balaban J connectivity index is 2.34. The summed E-state index contributed by atoms with van der Waals surface area (Å²) < 4.78 is 15.9. The van der Waals surface area contributed by atoms with E-state index in [1.807, 2.05) is 57.2 Å². The third-order valence-corrected chi connectivity index (χ3v) is 4.72. The Morgan fingerprint density at radius 1 is 1.04 bits per heavy atom. The van der Waals surface area contributed by atoms with Crippen LogP contribution < -0.4 is 9.47 Å². The summed E-state index contributed by atoms with van der Waals surface area (Å²) in [5.74, 6) is 1.28. The minimum absolute atomic E-state index is 0.0204. The Labute approximate surface area is 156 Å². The topological polar surface area (TPSA) is 44.8 Å². The molecule has 0 aromatic heterocycles. The van der Waals surface area contributed by atoms with E-state index in [2.05, 4.69) is 6.07 Å². The van der Waals surface area contributed by atoms with Gasteiger partial charge in [0.1, 0.15) is 11.5 Å². The second-order valence-electron chi connectivity index (χ2n) is 6.43. The van der Waals surface area contributed by atoms with Crippen molar-refractivity contribution >= 4 is 5.97 Å². The van der Waals surface area contributed by atoms with Crippen molar-refractivity contribution in [3.63, 3.8) is 0 Å². The highest BCUT2D eigenvalue weighted by atomic mass is 16.5. The first-order chi connectivity index (χ1) is 12.5. The molecule has 2 aromatic carbocycles. The van der Waals surface area contributed by atoms with Crippen molar-refractivity contribution in [3.05, 3.63) is 59.2 Å². The Morgan fingerprint density at radius 3 is 2.27 bits per heavy atom. The molecule has 0 amide bonds. The van der Waals surface area contributed by atoms with Gasteiger partial charge >= 0.3 is 5.97 Å². The van der Waals surface area contributed by atoms with E-state index in [9.17, 15) is 4.79 Å². The molecule has 4 heteroatoms. The fourth-order valence-electron chi connectivity index (χ4n) is 3.17. The van der Waals surface area contributed by atoms with Crippen LogP contribution in [0.25, 0.3) is 0 Å². The lowest BCUT2D eigenvalue weighted by Gasteiger charge is -2.24. The first kappa shape index (κ1) is 19.8. The van der Waals surface area contributed by atoms with Gasteiger partial charge in [-0.05, 0) is 55.2 Å². The molecule has 4 nitrogen and oxygen atoms in total. The number of esters is 1. The maximum Gasteiger partial charge on any atom is 0.309 e. The van der Waals surface area contributed by atoms with Gasteiger partial charge in [-0.25, -0.2) is 0 Å². The van der Waals surface area contributed by atoms with Gasteiger partial charge in [-0.3, -0.25) is 4.79 Å². The quantitative estimate of drug-likeness (QED) is 0.652. The van der Waals surface area contributed by atoms with Crippen LogP contribution in [0.2, 0.25) is 0 Å². The monoisotopic (exact) mass is 356 g/mol. The first-order valence-corrected chi connectivity index (χ1v) is 8.94. The lowest BCUT2D eigenvalue weighted by atomic mass is 9.82. The molecule has 0 saturated carbocycles. The number of rotatable bonds is 8. The van der Waals surface area contributed by atoms with Gasteiger partial charge in [0.15, 0.2) is 0 Å². The molecule has 0 fully saturated rings. The second kappa shape index (κ2) is 9.27. The molecular weight excluding hydrogens is 328 g/mol. The zero-order chi connectivity index (χ0) is 19.1. The number of aryl methyl sites for hydroxylation is 1. The average molecular weight is 356 g/mol. The van der Waals surface area contributed by atoms with Crippen LogP contribution in [0, 0.1) is 12.8 Å². The van der Waals surface area contributed by atoms with Crippen LogP contribution in [-0.4, -0.2) is 26.8 Å². The fraction of sp³-hybridized carbons (Fsp3) is 0.409. The molecule has 0 aliphatic carbocycles. The van der Waals surface area contributed by atoms with E-state index >= 15 is 0 Å². The Morgan fingerprint density at radius 2 is 1.73 bits per heavy atom. The number of hydrogen-bond acceptors (Lipinski definition) is 4. The lowest BCUT2D eigenvalue weighted by molar-refractivity contribution is -0.148. The van der Waals surface area contributed by atoms with Crippen LogP contribution >= 0.6 is 0 Å². The predicted octanol–water partition coefficient (Wildman–Crippen LogP) is 4.54. The fourth-order valence-corrected chi connectivity index (χ4v) is 3.17. The minimum atomic E-state index is -0.246. The van der Waals surface area contributed by atoms with Crippen molar-refractivity contribution in [1.82, 2.24) is 0 Å². The average Bonchev–Trinajstić information content (AvgIpc) is 2.66. The summed E-state index contributed by atoms with van der Waals surface area (Å²) in [5, 5.41) is 0. The van der Waals surface area contributed by atoms with Gasteiger partial charge in [-0.15, -0.1) is 0 Å². The molecule has 0 aliphatic heterocycles. The van der Waals surface area contributed by atoms with Crippen LogP contribution in [0.5, 0.6) is 11.5 Å². The van der Waals surface area contributed by atoms with Crippen molar-refractivity contribution < 1.29 is 19.0 Å². The summed E-state index contributed by atoms with van der Waals surface area (Å²) in [6.07, 6.45) is 0.746. The molecule has 2 aromatic rings. The Bertz CT molecular complexity index is 721. The normalized spacial score (nSPS) is 13.0. The molecule has 2 atom stereocenters. The van der Waals surface area contributed by atoms with Crippen LogP contribution in [0.4, 0.5) is 0 Å². The molecule has 0 bridgehead atoms. The number of benzene rings is 2. The summed E-state index contributed by atoms with van der Waals surface area (Å²) >= 11 is 0. The molecule has 0 heterocycles. The smallest absolute Gasteiger partial charge is 0.309 e. The van der Waals surface area contributed by atoms with Crippen molar-refractivity contribution in [1.29, 1.82) is 0 Å². The molecule has 0 spiro atoms. The van der Waals surface area contributed by atoms with E-state index in [4.69, 9.17) is 14.2 Å².